The van der Waals surface area contributed by atoms with Crippen molar-refractivity contribution in [1.82, 2.24) is 0 Å². The number of aryl methyl sites for hydroxylation is 1. The monoisotopic (exact) mass is 335 g/mol. The minimum Gasteiger partial charge on any atom is -0.506 e. The molecule has 0 fully saturated rings. The number of rotatable bonds is 3. The second kappa shape index (κ2) is 5.79. The molecule has 0 radical (unpaired) electrons. The standard InChI is InChI=1S/C13H10BrN3O3/c1-8-6-10(17(19)20)3-4-11(8)15-16-12-7-9(14)2-5-13(12)18/h2-7,18H,1H3. The minimum absolute atomic E-state index is 0.00625. The van der Waals surface area contributed by atoms with Gasteiger partial charge in [-0.05, 0) is 36.8 Å². The Morgan fingerprint density at radius 1 is 1.15 bits per heavy atom. The van der Waals surface area contributed by atoms with Crippen LogP contribution in [0.15, 0.2) is 51.1 Å². The van der Waals surface area contributed by atoms with Gasteiger partial charge in [0.25, 0.3) is 5.69 Å². The highest BCUT2D eigenvalue weighted by atomic mass is 79.9. The second-order valence-electron chi connectivity index (χ2n) is 4.06. The summed E-state index contributed by atoms with van der Waals surface area (Å²) in [6, 6.07) is 9.12. The highest BCUT2D eigenvalue weighted by Crippen LogP contribution is 2.32. The van der Waals surface area contributed by atoms with Crippen molar-refractivity contribution in [3.05, 3.63) is 56.5 Å². The lowest BCUT2D eigenvalue weighted by Crippen LogP contribution is -1.87. The Balaban J connectivity index is 2.32. The molecule has 0 saturated heterocycles. The first-order valence-electron chi connectivity index (χ1n) is 5.62. The van der Waals surface area contributed by atoms with Crippen LogP contribution in [0.4, 0.5) is 17.1 Å². The van der Waals surface area contributed by atoms with E-state index in [1.165, 1.54) is 24.3 Å². The Morgan fingerprint density at radius 2 is 1.85 bits per heavy atom. The number of azo groups is 1. The molecule has 2 aromatic carbocycles. The summed E-state index contributed by atoms with van der Waals surface area (Å²) in [4.78, 5) is 10.2. The third-order valence-corrected chi connectivity index (χ3v) is 3.09. The molecule has 1 N–H and O–H groups in total. The van der Waals surface area contributed by atoms with Crippen molar-refractivity contribution in [3.63, 3.8) is 0 Å². The summed E-state index contributed by atoms with van der Waals surface area (Å²) in [5, 5.41) is 28.2. The normalized spacial score (nSPS) is 10.9. The summed E-state index contributed by atoms with van der Waals surface area (Å²) >= 11 is 3.27. The molecule has 0 aliphatic carbocycles. The Kier molecular flexibility index (Phi) is 4.09. The third-order valence-electron chi connectivity index (χ3n) is 2.59. The van der Waals surface area contributed by atoms with Crippen LogP contribution < -0.4 is 0 Å². The number of aromatic hydroxyl groups is 1. The molecule has 2 aromatic rings. The van der Waals surface area contributed by atoms with Gasteiger partial charge in [0.1, 0.15) is 11.4 Å². The highest BCUT2D eigenvalue weighted by Gasteiger charge is 2.08. The van der Waals surface area contributed by atoms with E-state index in [9.17, 15) is 15.2 Å². The zero-order valence-corrected chi connectivity index (χ0v) is 12.0. The van der Waals surface area contributed by atoms with Gasteiger partial charge < -0.3 is 5.11 Å². The molecular weight excluding hydrogens is 326 g/mol. The van der Waals surface area contributed by atoms with Gasteiger partial charge >= 0.3 is 0 Å². The van der Waals surface area contributed by atoms with E-state index >= 15 is 0 Å². The quantitative estimate of drug-likeness (QED) is 0.497. The van der Waals surface area contributed by atoms with Crippen LogP contribution in [0.1, 0.15) is 5.56 Å². The van der Waals surface area contributed by atoms with E-state index in [-0.39, 0.29) is 11.4 Å². The van der Waals surface area contributed by atoms with Gasteiger partial charge in [0, 0.05) is 16.6 Å². The molecule has 0 spiro atoms. The van der Waals surface area contributed by atoms with E-state index in [1.807, 2.05) is 0 Å². The van der Waals surface area contributed by atoms with Crippen LogP contribution in [0.25, 0.3) is 0 Å². The SMILES string of the molecule is Cc1cc([N+](=O)[O-])ccc1N=Nc1cc(Br)ccc1O. The summed E-state index contributed by atoms with van der Waals surface area (Å²) < 4.78 is 0.768. The summed E-state index contributed by atoms with van der Waals surface area (Å²) in [6.45, 7) is 1.71. The maximum absolute atomic E-state index is 10.6. The van der Waals surface area contributed by atoms with Gasteiger partial charge in [-0.2, -0.15) is 5.11 Å². The molecule has 0 unspecified atom stereocenters. The fourth-order valence-electron chi connectivity index (χ4n) is 1.55. The smallest absolute Gasteiger partial charge is 0.269 e. The Labute approximate surface area is 123 Å². The highest BCUT2D eigenvalue weighted by molar-refractivity contribution is 9.10. The number of phenolic OH excluding ortho intramolecular Hbond substituents is 1. The van der Waals surface area contributed by atoms with Crippen molar-refractivity contribution in [3.8, 4) is 5.75 Å². The molecule has 2 rings (SSSR count). The fourth-order valence-corrected chi connectivity index (χ4v) is 1.90. The molecule has 102 valence electrons. The van der Waals surface area contributed by atoms with Crippen molar-refractivity contribution in [2.45, 2.75) is 6.92 Å². The predicted molar refractivity (Wildman–Crippen MR) is 77.8 cm³/mol. The van der Waals surface area contributed by atoms with Gasteiger partial charge in [-0.3, -0.25) is 10.1 Å². The van der Waals surface area contributed by atoms with Crippen LogP contribution in [0, 0.1) is 17.0 Å². The third kappa shape index (κ3) is 3.18. The zero-order chi connectivity index (χ0) is 14.7. The van der Waals surface area contributed by atoms with Crippen LogP contribution >= 0.6 is 15.9 Å². The lowest BCUT2D eigenvalue weighted by Gasteiger charge is -2.00. The molecule has 0 aromatic heterocycles. The molecule has 0 aliphatic rings. The van der Waals surface area contributed by atoms with Crippen LogP contribution in [0.2, 0.25) is 0 Å². The largest absolute Gasteiger partial charge is 0.506 e. The molecule has 0 bridgehead atoms. The summed E-state index contributed by atoms with van der Waals surface area (Å²) in [6.07, 6.45) is 0. The van der Waals surface area contributed by atoms with Gasteiger partial charge in [0.15, 0.2) is 0 Å². The molecule has 0 heterocycles. The molecule has 0 atom stereocenters. The molecule has 6 nitrogen and oxygen atoms in total. The van der Waals surface area contributed by atoms with E-state index in [4.69, 9.17) is 0 Å². The van der Waals surface area contributed by atoms with Gasteiger partial charge in [-0.15, -0.1) is 5.11 Å². The van der Waals surface area contributed by atoms with E-state index in [0.29, 0.717) is 16.9 Å². The molecule has 0 saturated carbocycles. The average molecular weight is 336 g/mol. The molecular formula is C13H10BrN3O3. The number of hydrogen-bond donors (Lipinski definition) is 1. The van der Waals surface area contributed by atoms with Crippen molar-refractivity contribution in [2.24, 2.45) is 10.2 Å². The van der Waals surface area contributed by atoms with Gasteiger partial charge in [0.05, 0.1) is 10.6 Å². The van der Waals surface area contributed by atoms with Gasteiger partial charge in [0.2, 0.25) is 0 Å². The summed E-state index contributed by atoms with van der Waals surface area (Å²) in [5.41, 5.74) is 1.47. The number of halogens is 1. The number of hydrogen-bond acceptors (Lipinski definition) is 5. The maximum atomic E-state index is 10.6. The Bertz CT molecular complexity index is 701. The van der Waals surface area contributed by atoms with E-state index in [0.717, 1.165) is 4.47 Å². The van der Waals surface area contributed by atoms with E-state index in [1.54, 1.807) is 19.1 Å². The molecule has 0 amide bonds. The number of non-ortho nitro benzene ring substituents is 1. The number of benzene rings is 2. The maximum Gasteiger partial charge on any atom is 0.269 e. The Hall–Kier alpha value is -2.28. The zero-order valence-electron chi connectivity index (χ0n) is 10.4. The number of nitro groups is 1. The molecule has 20 heavy (non-hydrogen) atoms. The van der Waals surface area contributed by atoms with E-state index < -0.39 is 4.92 Å². The lowest BCUT2D eigenvalue weighted by molar-refractivity contribution is -0.384. The number of nitrogens with zero attached hydrogens (tertiary/aromatic N) is 3. The van der Waals surface area contributed by atoms with E-state index in [2.05, 4.69) is 26.2 Å². The van der Waals surface area contributed by atoms with Crippen LogP contribution in [0.3, 0.4) is 0 Å². The predicted octanol–water partition coefficient (Wildman–Crippen LogP) is 4.79. The summed E-state index contributed by atoms with van der Waals surface area (Å²) in [7, 11) is 0. The topological polar surface area (TPSA) is 88.1 Å². The number of phenols is 1. The van der Waals surface area contributed by atoms with Crippen LogP contribution in [-0.2, 0) is 0 Å². The van der Waals surface area contributed by atoms with Crippen molar-refractivity contribution < 1.29 is 10.0 Å². The van der Waals surface area contributed by atoms with Crippen LogP contribution in [0.5, 0.6) is 5.75 Å². The second-order valence-corrected chi connectivity index (χ2v) is 4.98. The van der Waals surface area contributed by atoms with Crippen molar-refractivity contribution in [1.29, 1.82) is 0 Å². The van der Waals surface area contributed by atoms with Crippen molar-refractivity contribution in [2.75, 3.05) is 0 Å². The first-order valence-corrected chi connectivity index (χ1v) is 6.42. The average Bonchev–Trinajstić information content (AvgIpc) is 2.40. The van der Waals surface area contributed by atoms with Crippen molar-refractivity contribution >= 4 is 33.0 Å². The Morgan fingerprint density at radius 3 is 2.50 bits per heavy atom. The van der Waals surface area contributed by atoms with Gasteiger partial charge in [-0.25, -0.2) is 0 Å². The first-order chi connectivity index (χ1) is 9.47. The van der Waals surface area contributed by atoms with Crippen LogP contribution in [-0.4, -0.2) is 10.0 Å². The first kappa shape index (κ1) is 14.1. The molecule has 0 aliphatic heterocycles. The minimum atomic E-state index is -0.464. The summed E-state index contributed by atoms with van der Waals surface area (Å²) in [5.74, 6) is 0.0107. The number of nitro benzene ring substituents is 1. The lowest BCUT2D eigenvalue weighted by atomic mass is 10.2. The van der Waals surface area contributed by atoms with Gasteiger partial charge in [-0.1, -0.05) is 15.9 Å². The fraction of sp³-hybridized carbons (Fsp3) is 0.0769. The molecule has 7 heteroatoms.